The highest BCUT2D eigenvalue weighted by Crippen LogP contribution is 2.18. The second-order valence-electron chi connectivity index (χ2n) is 4.74. The molecule has 1 heterocycles. The van der Waals surface area contributed by atoms with Gasteiger partial charge < -0.3 is 15.2 Å². The largest absolute Gasteiger partial charge is 0.481 e. The molecule has 2 aromatic rings. The molecule has 0 saturated carbocycles. The minimum atomic E-state index is -1.04. The van der Waals surface area contributed by atoms with Crippen molar-refractivity contribution < 1.29 is 19.4 Å². The summed E-state index contributed by atoms with van der Waals surface area (Å²) in [6, 6.07) is 8.64. The average Bonchev–Trinajstić information content (AvgIpc) is 3.02. The topological polar surface area (TPSA) is 93.4 Å². The molecule has 0 aliphatic carbocycles. The van der Waals surface area contributed by atoms with E-state index in [9.17, 15) is 9.59 Å². The normalized spacial score (nSPS) is 11.5. The fourth-order valence-corrected chi connectivity index (χ4v) is 1.98. The van der Waals surface area contributed by atoms with Crippen molar-refractivity contribution in [2.75, 3.05) is 6.61 Å². The Morgan fingerprint density at radius 3 is 2.78 bits per heavy atom. The SMILES string of the molecule is C=CCOC(=O)NC(CC(=O)O)c1cnn(-c2ccccc2)c1. The van der Waals surface area contributed by atoms with Crippen LogP contribution >= 0.6 is 0 Å². The number of carbonyl (C=O) groups excluding carboxylic acids is 1. The molecule has 0 fully saturated rings. The van der Waals surface area contributed by atoms with Gasteiger partial charge in [-0.2, -0.15) is 5.10 Å². The number of carboxylic acids is 1. The van der Waals surface area contributed by atoms with Crippen molar-refractivity contribution >= 4 is 12.1 Å². The Morgan fingerprint density at radius 2 is 2.13 bits per heavy atom. The summed E-state index contributed by atoms with van der Waals surface area (Å²) in [5, 5.41) is 15.7. The van der Waals surface area contributed by atoms with Crippen LogP contribution in [-0.4, -0.2) is 33.6 Å². The van der Waals surface area contributed by atoms with E-state index in [1.807, 2.05) is 30.3 Å². The number of nitrogens with zero attached hydrogens (tertiary/aromatic N) is 2. The zero-order chi connectivity index (χ0) is 16.7. The Balaban J connectivity index is 2.15. The molecule has 23 heavy (non-hydrogen) atoms. The van der Waals surface area contributed by atoms with Gasteiger partial charge in [0.05, 0.1) is 24.3 Å². The lowest BCUT2D eigenvalue weighted by Crippen LogP contribution is -2.30. The number of carboxylic acid groups (broad SMARTS) is 1. The summed E-state index contributed by atoms with van der Waals surface area (Å²) in [6.07, 6.45) is 3.65. The predicted octanol–water partition coefficient (Wildman–Crippen LogP) is 2.30. The van der Waals surface area contributed by atoms with E-state index in [0.717, 1.165) is 5.69 Å². The monoisotopic (exact) mass is 315 g/mol. The van der Waals surface area contributed by atoms with Crippen LogP contribution in [0.3, 0.4) is 0 Å². The third-order valence-electron chi connectivity index (χ3n) is 3.03. The highest BCUT2D eigenvalue weighted by molar-refractivity contribution is 5.71. The van der Waals surface area contributed by atoms with E-state index in [2.05, 4.69) is 17.0 Å². The van der Waals surface area contributed by atoms with Gasteiger partial charge in [-0.25, -0.2) is 9.48 Å². The Morgan fingerprint density at radius 1 is 1.39 bits per heavy atom. The van der Waals surface area contributed by atoms with Crippen LogP contribution in [0.25, 0.3) is 5.69 Å². The van der Waals surface area contributed by atoms with Gasteiger partial charge in [-0.15, -0.1) is 0 Å². The maximum Gasteiger partial charge on any atom is 0.407 e. The lowest BCUT2D eigenvalue weighted by atomic mass is 10.1. The molecule has 120 valence electrons. The molecular formula is C16H17N3O4. The highest BCUT2D eigenvalue weighted by Gasteiger charge is 2.20. The molecule has 0 saturated heterocycles. The zero-order valence-electron chi connectivity index (χ0n) is 12.4. The molecule has 0 aliphatic rings. The number of hydrogen-bond donors (Lipinski definition) is 2. The average molecular weight is 315 g/mol. The van der Waals surface area contributed by atoms with Crippen LogP contribution in [-0.2, 0) is 9.53 Å². The number of hydrogen-bond acceptors (Lipinski definition) is 4. The van der Waals surface area contributed by atoms with Crippen LogP contribution in [0.2, 0.25) is 0 Å². The molecular weight excluding hydrogens is 298 g/mol. The molecule has 1 unspecified atom stereocenters. The van der Waals surface area contributed by atoms with Crippen molar-refractivity contribution in [2.45, 2.75) is 12.5 Å². The number of rotatable bonds is 7. The van der Waals surface area contributed by atoms with Crippen LogP contribution in [0, 0.1) is 0 Å². The first-order valence-electron chi connectivity index (χ1n) is 6.96. The van der Waals surface area contributed by atoms with Gasteiger partial charge in [0.1, 0.15) is 6.61 Å². The fourth-order valence-electron chi connectivity index (χ4n) is 1.98. The molecule has 1 aromatic carbocycles. The molecule has 0 spiro atoms. The number of nitrogens with one attached hydrogen (secondary N) is 1. The van der Waals surface area contributed by atoms with Gasteiger partial charge in [-0.3, -0.25) is 4.79 Å². The predicted molar refractivity (Wildman–Crippen MR) is 83.2 cm³/mol. The zero-order valence-corrected chi connectivity index (χ0v) is 12.4. The third kappa shape index (κ3) is 4.70. The van der Waals surface area contributed by atoms with Gasteiger partial charge in [0.2, 0.25) is 0 Å². The summed E-state index contributed by atoms with van der Waals surface area (Å²) in [5.74, 6) is -1.04. The molecule has 0 aliphatic heterocycles. The first-order chi connectivity index (χ1) is 11.1. The number of benzene rings is 1. The maximum atomic E-state index is 11.6. The van der Waals surface area contributed by atoms with E-state index in [0.29, 0.717) is 5.56 Å². The van der Waals surface area contributed by atoms with Crippen molar-refractivity contribution in [1.29, 1.82) is 0 Å². The first-order valence-corrected chi connectivity index (χ1v) is 6.96. The lowest BCUT2D eigenvalue weighted by molar-refractivity contribution is -0.137. The second-order valence-corrected chi connectivity index (χ2v) is 4.74. The fraction of sp³-hybridized carbons (Fsp3) is 0.188. The van der Waals surface area contributed by atoms with Crippen LogP contribution < -0.4 is 5.32 Å². The van der Waals surface area contributed by atoms with E-state index in [-0.39, 0.29) is 13.0 Å². The molecule has 0 radical (unpaired) electrons. The Labute approximate surface area is 133 Å². The van der Waals surface area contributed by atoms with Gasteiger partial charge >= 0.3 is 12.1 Å². The summed E-state index contributed by atoms with van der Waals surface area (Å²) in [7, 11) is 0. The van der Waals surface area contributed by atoms with Crippen LogP contribution in [0.15, 0.2) is 55.4 Å². The lowest BCUT2D eigenvalue weighted by Gasteiger charge is -2.14. The summed E-state index contributed by atoms with van der Waals surface area (Å²) in [4.78, 5) is 22.7. The molecule has 2 rings (SSSR count). The standard InChI is InChI=1S/C16H17N3O4/c1-2-8-23-16(22)18-14(9-15(20)21)12-10-17-19(11-12)13-6-4-3-5-7-13/h2-7,10-11,14H,1,8-9H2,(H,18,22)(H,20,21). The van der Waals surface area contributed by atoms with E-state index in [1.54, 1.807) is 10.9 Å². The number of amides is 1. The quantitative estimate of drug-likeness (QED) is 0.765. The Bertz CT molecular complexity index is 682. The minimum Gasteiger partial charge on any atom is -0.481 e. The number of carbonyl (C=O) groups is 2. The molecule has 1 atom stereocenters. The van der Waals surface area contributed by atoms with Gasteiger partial charge in [0, 0.05) is 11.8 Å². The molecule has 7 heteroatoms. The summed E-state index contributed by atoms with van der Waals surface area (Å²) >= 11 is 0. The number of para-hydroxylation sites is 1. The molecule has 1 amide bonds. The summed E-state index contributed by atoms with van der Waals surface area (Å²) in [6.45, 7) is 3.49. The minimum absolute atomic E-state index is 0.0505. The number of aromatic nitrogens is 2. The summed E-state index contributed by atoms with van der Waals surface area (Å²) in [5.41, 5.74) is 1.41. The van der Waals surface area contributed by atoms with E-state index >= 15 is 0 Å². The van der Waals surface area contributed by atoms with Crippen molar-refractivity contribution in [2.24, 2.45) is 0 Å². The Kier molecular flexibility index (Phi) is 5.51. The van der Waals surface area contributed by atoms with Gasteiger partial charge in [0.25, 0.3) is 0 Å². The van der Waals surface area contributed by atoms with Gasteiger partial charge in [0.15, 0.2) is 0 Å². The second kappa shape index (κ2) is 7.79. The number of aliphatic carboxylic acids is 1. The van der Waals surface area contributed by atoms with Crippen molar-refractivity contribution in [3.05, 3.63) is 60.9 Å². The summed E-state index contributed by atoms with van der Waals surface area (Å²) < 4.78 is 6.44. The van der Waals surface area contributed by atoms with Crippen LogP contribution in [0.4, 0.5) is 4.79 Å². The highest BCUT2D eigenvalue weighted by atomic mass is 16.5. The third-order valence-corrected chi connectivity index (χ3v) is 3.03. The number of alkyl carbamates (subject to hydrolysis) is 1. The smallest absolute Gasteiger partial charge is 0.407 e. The molecule has 1 aromatic heterocycles. The van der Waals surface area contributed by atoms with Crippen molar-refractivity contribution in [3.63, 3.8) is 0 Å². The maximum absolute atomic E-state index is 11.6. The van der Waals surface area contributed by atoms with Gasteiger partial charge in [-0.05, 0) is 12.1 Å². The van der Waals surface area contributed by atoms with E-state index < -0.39 is 18.1 Å². The van der Waals surface area contributed by atoms with Crippen molar-refractivity contribution in [3.8, 4) is 5.69 Å². The molecule has 0 bridgehead atoms. The van der Waals surface area contributed by atoms with Crippen LogP contribution in [0.1, 0.15) is 18.0 Å². The van der Waals surface area contributed by atoms with E-state index in [4.69, 9.17) is 9.84 Å². The molecule has 7 nitrogen and oxygen atoms in total. The van der Waals surface area contributed by atoms with E-state index in [1.165, 1.54) is 12.3 Å². The Hall–Kier alpha value is -3.09. The molecule has 2 N–H and O–H groups in total. The number of ether oxygens (including phenoxy) is 1. The van der Waals surface area contributed by atoms with Crippen LogP contribution in [0.5, 0.6) is 0 Å². The first kappa shape index (κ1) is 16.3. The van der Waals surface area contributed by atoms with Crippen molar-refractivity contribution in [1.82, 2.24) is 15.1 Å². The van der Waals surface area contributed by atoms with Gasteiger partial charge in [-0.1, -0.05) is 30.9 Å².